The van der Waals surface area contributed by atoms with Crippen LogP contribution in [0.1, 0.15) is 208 Å². The second kappa shape index (κ2) is 37.4. The number of halogens is 9. The van der Waals surface area contributed by atoms with Crippen LogP contribution in [0.5, 0.6) is 0 Å². The number of fused-ring (bicyclic) bond motifs is 4. The fourth-order valence-electron chi connectivity index (χ4n) is 17.1. The Balaban J connectivity index is 0.000000155. The monoisotopic (exact) mass is 1730 g/mol. The molecule has 31 heteroatoms. The number of hydrogen-bond donors (Lipinski definition) is 9. The Kier molecular flexibility index (Phi) is 28.6. The zero-order valence-electron chi connectivity index (χ0n) is 68.4. The van der Waals surface area contributed by atoms with Crippen molar-refractivity contribution in [2.24, 2.45) is 39.9 Å². The molecule has 0 aliphatic carbocycles. The first-order chi connectivity index (χ1) is 55.6. The van der Waals surface area contributed by atoms with E-state index >= 15 is 0 Å². The van der Waals surface area contributed by atoms with Crippen LogP contribution in [-0.2, 0) is 9.53 Å². The van der Waals surface area contributed by atoms with Crippen molar-refractivity contribution in [1.82, 2.24) is 65.7 Å². The van der Waals surface area contributed by atoms with Crippen LogP contribution in [0.15, 0.2) is 110 Å². The lowest BCUT2D eigenvalue weighted by molar-refractivity contribution is -0.164. The van der Waals surface area contributed by atoms with Crippen LogP contribution in [0.3, 0.4) is 0 Å². The summed E-state index contributed by atoms with van der Waals surface area (Å²) >= 11 is 30.7. The molecule has 4 unspecified atom stereocenters. The standard InChI is InChI=1S/C25H31ClN4O2.C24H27Cl2N3O2.C21H29ClFN3O3.C17H19ClF3N3O2/c1-16(17-7-5-4-6-8-17)28-24(32)30-11-9-19(10-12-30)25(2,3)23(31)21-14-20(26)13-18-15-27-29-22(18)21;1-14-5-4-6-19(26)20(14)23(31)29-9-7-16(8-10-29)24(2,3)22(30)18-12-17(25)11-15-13-27-28-21(15)18;1-20(2,3)29-19(28)26-8-6-13(7-9-26)21(4,5)18(27)15-16(23)14(22)10-12-11-24-25-17(12)15;1-2-12(25)24-5-3-10(4-6-24)17(20,21)16(26)13-14(19)11(18)7-9-8-22-23-15(9)13/h4-8,13-16,19,23,31H,9-12H2,1-3H3,(H,27,29)(H,28,32);4-6,11-13,16,22,30H,7-10H2,1-3H3,(H,27,28);10-11,13,18,27H,6-9H2,1-5H3,(H,24,25);7-8,10,16,26H,2-6H2,1H3,(H,22,23)/t16-,23?;;;/m1.../s1. The molecule has 9 N–H and O–H groups in total. The summed E-state index contributed by atoms with van der Waals surface area (Å²) in [7, 11) is 0. The molecule has 5 amide bonds. The van der Waals surface area contributed by atoms with Gasteiger partial charge in [0.1, 0.15) is 23.3 Å². The van der Waals surface area contributed by atoms with E-state index in [9.17, 15) is 57.2 Å². The largest absolute Gasteiger partial charge is 0.444 e. The van der Waals surface area contributed by atoms with Gasteiger partial charge in [-0.15, -0.1) is 0 Å². The lowest BCUT2D eigenvalue weighted by Gasteiger charge is -2.43. The first-order valence-electron chi connectivity index (χ1n) is 40.0. The van der Waals surface area contributed by atoms with Gasteiger partial charge in [-0.25, -0.2) is 27.2 Å². The average Bonchev–Trinajstić information content (AvgIpc) is 1.75. The molecule has 4 aliphatic heterocycles. The van der Waals surface area contributed by atoms with Gasteiger partial charge in [-0.1, -0.05) is 149 Å². The summed E-state index contributed by atoms with van der Waals surface area (Å²) in [5.41, 5.74) is 3.78. The maximum absolute atomic E-state index is 14.9. The number of aryl methyl sites for hydroxylation is 1. The van der Waals surface area contributed by atoms with Crippen molar-refractivity contribution < 1.29 is 61.9 Å². The number of nitrogens with zero attached hydrogens (tertiary/aromatic N) is 8. The fourth-order valence-corrected chi connectivity index (χ4v) is 18.3. The summed E-state index contributed by atoms with van der Waals surface area (Å²) < 4.78 is 64.7. The van der Waals surface area contributed by atoms with E-state index in [0.29, 0.717) is 95.5 Å². The summed E-state index contributed by atoms with van der Waals surface area (Å²) in [6, 6.07) is 25.5. The van der Waals surface area contributed by atoms with Crippen LogP contribution in [-0.4, -0.2) is 169 Å². The highest BCUT2D eigenvalue weighted by atomic mass is 35.5. The first kappa shape index (κ1) is 90.5. The van der Waals surface area contributed by atoms with E-state index < -0.39 is 69.9 Å². The van der Waals surface area contributed by atoms with Crippen LogP contribution >= 0.6 is 58.0 Å². The topological polar surface area (TPSA) is 298 Å². The minimum absolute atomic E-state index is 0.00216. The maximum atomic E-state index is 14.9. The summed E-state index contributed by atoms with van der Waals surface area (Å²) in [4.78, 5) is 56.8. The van der Waals surface area contributed by atoms with Gasteiger partial charge < -0.3 is 50.1 Å². The van der Waals surface area contributed by atoms with Crippen molar-refractivity contribution in [3.63, 3.8) is 0 Å². The van der Waals surface area contributed by atoms with Crippen molar-refractivity contribution in [3.8, 4) is 0 Å². The zero-order valence-corrected chi connectivity index (χ0v) is 72.2. The van der Waals surface area contributed by atoms with Gasteiger partial charge >= 0.3 is 12.1 Å². The molecule has 6 aromatic carbocycles. The molecule has 10 aromatic rings. The number of aliphatic hydroxyl groups excluding tert-OH is 4. The normalized spacial score (nSPS) is 17.3. The average molecular weight is 1730 g/mol. The van der Waals surface area contributed by atoms with E-state index in [-0.39, 0.29) is 100 Å². The molecule has 8 heterocycles. The van der Waals surface area contributed by atoms with Crippen molar-refractivity contribution >= 4 is 126 Å². The molecule has 4 aromatic heterocycles. The fraction of sp³-hybridized carbons (Fsp3) is 0.494. The number of nitrogens with one attached hydrogen (secondary N) is 5. The second-order valence-electron chi connectivity index (χ2n) is 34.3. The van der Waals surface area contributed by atoms with Gasteiger partial charge in [0.05, 0.1) is 91.8 Å². The Labute approximate surface area is 709 Å². The second-order valence-corrected chi connectivity index (χ2v) is 36.4. The Morgan fingerprint density at radius 3 is 1.32 bits per heavy atom. The number of carbonyl (C=O) groups excluding carboxylic acids is 4. The molecule has 4 saturated heterocycles. The molecular formula is C87H106Cl5F4N13O9. The summed E-state index contributed by atoms with van der Waals surface area (Å²) in [6.07, 6.45) is 6.18. The third-order valence-corrected chi connectivity index (χ3v) is 26.0. The minimum atomic E-state index is -3.58. The number of carbonyl (C=O) groups is 4. The van der Waals surface area contributed by atoms with Gasteiger partial charge in [-0.2, -0.15) is 20.4 Å². The highest BCUT2D eigenvalue weighted by Crippen LogP contribution is 2.52. The van der Waals surface area contributed by atoms with Gasteiger partial charge in [0.15, 0.2) is 0 Å². The molecule has 0 saturated carbocycles. The molecule has 636 valence electrons. The molecule has 22 nitrogen and oxygen atoms in total. The maximum Gasteiger partial charge on any atom is 0.410 e. The van der Waals surface area contributed by atoms with Crippen molar-refractivity contribution in [2.45, 2.75) is 183 Å². The van der Waals surface area contributed by atoms with E-state index in [1.807, 2.05) is 125 Å². The number of urea groups is 1. The quantitative estimate of drug-likeness (QED) is 0.0407. The number of H-pyrrole nitrogens is 4. The van der Waals surface area contributed by atoms with Crippen LogP contribution in [0.4, 0.5) is 27.2 Å². The number of benzene rings is 6. The lowest BCUT2D eigenvalue weighted by Crippen LogP contribution is -2.47. The minimum Gasteiger partial charge on any atom is -0.444 e. The van der Waals surface area contributed by atoms with Gasteiger partial charge in [-0.3, -0.25) is 30.0 Å². The predicted molar refractivity (Wildman–Crippen MR) is 453 cm³/mol. The van der Waals surface area contributed by atoms with Crippen LogP contribution in [0.25, 0.3) is 43.6 Å². The van der Waals surface area contributed by atoms with Crippen molar-refractivity contribution in [1.29, 1.82) is 0 Å². The number of aromatic nitrogens is 8. The van der Waals surface area contributed by atoms with Crippen molar-refractivity contribution in [2.75, 3.05) is 52.4 Å². The van der Waals surface area contributed by atoms with Gasteiger partial charge in [-0.05, 0) is 174 Å². The number of amides is 5. The number of alkyl halides is 2. The molecular weight excluding hydrogens is 1620 g/mol. The SMILES string of the molecule is CC(C)(C)OC(=O)N1CCC(C(C)(C)C(O)c2c(F)c(Cl)cc3cn[nH]c23)CC1.CCC(=O)N1CCC(C(F)(F)C(O)c2c(F)c(Cl)cc3cn[nH]c23)CC1.C[C@@H](NC(=O)N1CCC(C(C)(C)C(O)c2cc(Cl)cc3cn[nH]c23)CC1)c1ccccc1.Cc1cccc(Cl)c1C(=O)N1CCC(C(C)(C)C(O)c2cc(Cl)cc3cn[nH]c23)CC1. The number of aliphatic hydroxyl groups is 4. The number of hydrogen-bond acceptors (Lipinski definition) is 13. The number of likely N-dealkylation sites (tertiary alicyclic amines) is 4. The zero-order chi connectivity index (χ0) is 85.8. The Morgan fingerprint density at radius 1 is 0.500 bits per heavy atom. The number of piperidine rings is 4. The van der Waals surface area contributed by atoms with E-state index in [1.165, 1.54) is 23.2 Å². The third kappa shape index (κ3) is 19.8. The smallest absolute Gasteiger partial charge is 0.410 e. The van der Waals surface area contributed by atoms with Gasteiger partial charge in [0.2, 0.25) is 5.91 Å². The highest BCUT2D eigenvalue weighted by molar-refractivity contribution is 6.34. The summed E-state index contributed by atoms with van der Waals surface area (Å²) in [5.74, 6) is -5.97. The molecule has 4 aliphatic rings. The van der Waals surface area contributed by atoms with Crippen LogP contribution < -0.4 is 5.32 Å². The highest BCUT2D eigenvalue weighted by Gasteiger charge is 2.51. The molecule has 118 heavy (non-hydrogen) atoms. The molecule has 14 rings (SSSR count). The molecule has 0 bridgehead atoms. The summed E-state index contributed by atoms with van der Waals surface area (Å²) in [5, 5.41) is 78.5. The lowest BCUT2D eigenvalue weighted by atomic mass is 9.68. The predicted octanol–water partition coefficient (Wildman–Crippen LogP) is 20.0. The van der Waals surface area contributed by atoms with E-state index in [0.717, 1.165) is 69.7 Å². The van der Waals surface area contributed by atoms with E-state index in [2.05, 4.69) is 73.8 Å². The molecule has 4 fully saturated rings. The Hall–Kier alpha value is -8.31. The first-order valence-corrected chi connectivity index (χ1v) is 41.9. The molecule has 0 radical (unpaired) electrons. The molecule has 5 atom stereocenters. The Bertz CT molecular complexity index is 5160. The Morgan fingerprint density at radius 2 is 0.890 bits per heavy atom. The number of aromatic amines is 4. The number of ether oxygens (including phenoxy) is 1. The van der Waals surface area contributed by atoms with Gasteiger partial charge in [0.25, 0.3) is 11.8 Å². The van der Waals surface area contributed by atoms with Crippen LogP contribution in [0.2, 0.25) is 25.1 Å². The van der Waals surface area contributed by atoms with Crippen LogP contribution in [0, 0.1) is 58.5 Å². The van der Waals surface area contributed by atoms with E-state index in [1.54, 1.807) is 36.5 Å². The van der Waals surface area contributed by atoms with E-state index in [4.69, 9.17) is 62.7 Å². The number of rotatable bonds is 16. The van der Waals surface area contributed by atoms with Crippen molar-refractivity contribution in [3.05, 3.63) is 185 Å². The molecule has 0 spiro atoms. The third-order valence-electron chi connectivity index (χ3n) is 24.7. The van der Waals surface area contributed by atoms with Gasteiger partial charge in [0, 0.05) is 119 Å². The summed E-state index contributed by atoms with van der Waals surface area (Å²) in [6.45, 7) is 27.4.